The average Bonchev–Trinajstić information content (AvgIpc) is 2.55. The highest BCUT2D eigenvalue weighted by molar-refractivity contribution is 6.33. The topological polar surface area (TPSA) is 47.6 Å². The molecule has 0 saturated heterocycles. The lowest BCUT2D eigenvalue weighted by Gasteiger charge is -2.26. The van der Waals surface area contributed by atoms with Crippen LogP contribution in [0, 0.1) is 6.92 Å². The second-order valence-corrected chi connectivity index (χ2v) is 5.59. The highest BCUT2D eigenvalue weighted by atomic mass is 35.5. The van der Waals surface area contributed by atoms with E-state index in [4.69, 9.17) is 21.1 Å². The minimum Gasteiger partial charge on any atom is -0.353 e. The highest BCUT2D eigenvalue weighted by Crippen LogP contribution is 2.22. The summed E-state index contributed by atoms with van der Waals surface area (Å²) in [5, 5.41) is 3.36. The van der Waals surface area contributed by atoms with Crippen LogP contribution in [0.1, 0.15) is 27.5 Å². The summed E-state index contributed by atoms with van der Waals surface area (Å²) >= 11 is 6.18. The number of hydrogen-bond donors (Lipinski definition) is 1. The SMILES string of the molecule is COC(OC)C(NC(=O)c1ccc(C)cc1Cl)c1ccccc1. The fourth-order valence-corrected chi connectivity index (χ4v) is 2.68. The van der Waals surface area contributed by atoms with Crippen molar-refractivity contribution in [1.82, 2.24) is 5.32 Å². The smallest absolute Gasteiger partial charge is 0.253 e. The van der Waals surface area contributed by atoms with E-state index in [1.807, 2.05) is 43.3 Å². The molecule has 0 heterocycles. The quantitative estimate of drug-likeness (QED) is 0.819. The van der Waals surface area contributed by atoms with E-state index < -0.39 is 12.3 Å². The second-order valence-electron chi connectivity index (χ2n) is 5.18. The van der Waals surface area contributed by atoms with Gasteiger partial charge in [0.05, 0.1) is 10.6 Å². The Hall–Kier alpha value is -1.88. The average molecular weight is 334 g/mol. The Morgan fingerprint density at radius 3 is 2.30 bits per heavy atom. The van der Waals surface area contributed by atoms with Crippen LogP contribution in [-0.4, -0.2) is 26.4 Å². The first-order valence-corrected chi connectivity index (χ1v) is 7.62. The zero-order chi connectivity index (χ0) is 16.8. The molecule has 0 saturated carbocycles. The van der Waals surface area contributed by atoms with Crippen LogP contribution >= 0.6 is 11.6 Å². The van der Waals surface area contributed by atoms with Crippen LogP contribution in [0.15, 0.2) is 48.5 Å². The molecule has 0 aliphatic heterocycles. The van der Waals surface area contributed by atoms with Crippen LogP contribution in [0.2, 0.25) is 5.02 Å². The summed E-state index contributed by atoms with van der Waals surface area (Å²) < 4.78 is 10.7. The summed E-state index contributed by atoms with van der Waals surface area (Å²) in [7, 11) is 3.07. The van der Waals surface area contributed by atoms with E-state index >= 15 is 0 Å². The van der Waals surface area contributed by atoms with E-state index in [9.17, 15) is 4.79 Å². The summed E-state index contributed by atoms with van der Waals surface area (Å²) in [6.07, 6.45) is -0.606. The molecule has 0 radical (unpaired) electrons. The van der Waals surface area contributed by atoms with E-state index in [0.29, 0.717) is 10.6 Å². The van der Waals surface area contributed by atoms with E-state index in [-0.39, 0.29) is 5.91 Å². The monoisotopic (exact) mass is 333 g/mol. The number of aryl methyl sites for hydroxylation is 1. The van der Waals surface area contributed by atoms with Gasteiger partial charge in [-0.2, -0.15) is 0 Å². The summed E-state index contributed by atoms with van der Waals surface area (Å²) in [5.41, 5.74) is 2.31. The lowest BCUT2D eigenvalue weighted by Crippen LogP contribution is -2.38. The molecule has 2 aromatic carbocycles. The Kier molecular flexibility index (Phi) is 6.16. The van der Waals surface area contributed by atoms with Gasteiger partial charge in [0.25, 0.3) is 5.91 Å². The molecule has 1 amide bonds. The fourth-order valence-electron chi connectivity index (χ4n) is 2.36. The molecule has 0 aromatic heterocycles. The van der Waals surface area contributed by atoms with Gasteiger partial charge >= 0.3 is 0 Å². The van der Waals surface area contributed by atoms with Crippen molar-refractivity contribution < 1.29 is 14.3 Å². The Bertz CT molecular complexity index is 657. The molecule has 122 valence electrons. The number of carbonyl (C=O) groups excluding carboxylic acids is 1. The first kappa shape index (κ1) is 17.5. The van der Waals surface area contributed by atoms with Crippen molar-refractivity contribution >= 4 is 17.5 Å². The van der Waals surface area contributed by atoms with Gasteiger partial charge in [-0.05, 0) is 30.2 Å². The maximum absolute atomic E-state index is 12.6. The number of methoxy groups -OCH3 is 2. The molecule has 0 aliphatic carbocycles. The van der Waals surface area contributed by atoms with Crippen LogP contribution < -0.4 is 5.32 Å². The molecule has 1 unspecified atom stereocenters. The number of nitrogens with one attached hydrogen (secondary N) is 1. The fraction of sp³-hybridized carbons (Fsp3) is 0.278. The predicted octanol–water partition coefficient (Wildman–Crippen LogP) is 3.74. The summed E-state index contributed by atoms with van der Waals surface area (Å²) in [6.45, 7) is 1.92. The van der Waals surface area contributed by atoms with E-state index in [1.54, 1.807) is 12.1 Å². The van der Waals surface area contributed by atoms with Crippen LogP contribution in [0.4, 0.5) is 0 Å². The zero-order valence-corrected chi connectivity index (χ0v) is 14.1. The molecule has 23 heavy (non-hydrogen) atoms. The van der Waals surface area contributed by atoms with Gasteiger partial charge in [-0.1, -0.05) is 48.0 Å². The van der Waals surface area contributed by atoms with Gasteiger partial charge in [-0.15, -0.1) is 0 Å². The normalized spacial score (nSPS) is 12.2. The standard InChI is InChI=1S/C18H20ClNO3/c1-12-9-10-14(15(19)11-12)17(21)20-16(18(22-2)23-3)13-7-5-4-6-8-13/h4-11,16,18H,1-3H3,(H,20,21). The van der Waals surface area contributed by atoms with Gasteiger partial charge < -0.3 is 14.8 Å². The molecule has 1 atom stereocenters. The number of carbonyl (C=O) groups is 1. The Labute approximate surface area is 141 Å². The Morgan fingerprint density at radius 2 is 1.74 bits per heavy atom. The summed E-state index contributed by atoms with van der Waals surface area (Å²) in [4.78, 5) is 12.6. The molecule has 5 heteroatoms. The van der Waals surface area contributed by atoms with Crippen molar-refractivity contribution in [1.29, 1.82) is 0 Å². The Morgan fingerprint density at radius 1 is 1.09 bits per heavy atom. The van der Waals surface area contributed by atoms with Crippen molar-refractivity contribution in [3.8, 4) is 0 Å². The molecule has 4 nitrogen and oxygen atoms in total. The van der Waals surface area contributed by atoms with Gasteiger partial charge in [-0.25, -0.2) is 0 Å². The molecule has 2 aromatic rings. The third kappa shape index (κ3) is 4.32. The lowest BCUT2D eigenvalue weighted by molar-refractivity contribution is -0.122. The third-order valence-corrected chi connectivity index (χ3v) is 3.86. The van der Waals surface area contributed by atoms with Crippen LogP contribution in [-0.2, 0) is 9.47 Å². The molecule has 2 rings (SSSR count). The predicted molar refractivity (Wildman–Crippen MR) is 90.6 cm³/mol. The first-order chi connectivity index (χ1) is 11.1. The van der Waals surface area contributed by atoms with E-state index in [2.05, 4.69) is 5.32 Å². The Balaban J connectivity index is 2.28. The maximum atomic E-state index is 12.6. The van der Waals surface area contributed by atoms with Crippen molar-refractivity contribution in [2.24, 2.45) is 0 Å². The van der Waals surface area contributed by atoms with Gasteiger partial charge in [-0.3, -0.25) is 4.79 Å². The molecule has 0 aliphatic rings. The van der Waals surface area contributed by atoms with E-state index in [1.165, 1.54) is 14.2 Å². The van der Waals surface area contributed by atoms with Crippen molar-refractivity contribution in [3.63, 3.8) is 0 Å². The van der Waals surface area contributed by atoms with Crippen molar-refractivity contribution in [2.75, 3.05) is 14.2 Å². The molecule has 0 fully saturated rings. The minimum atomic E-state index is -0.606. The zero-order valence-electron chi connectivity index (χ0n) is 13.4. The van der Waals surface area contributed by atoms with Crippen LogP contribution in [0.25, 0.3) is 0 Å². The molecule has 1 N–H and O–H groups in total. The van der Waals surface area contributed by atoms with E-state index in [0.717, 1.165) is 11.1 Å². The first-order valence-electron chi connectivity index (χ1n) is 7.24. The van der Waals surface area contributed by atoms with Gasteiger partial charge in [0.15, 0.2) is 6.29 Å². The van der Waals surface area contributed by atoms with Gasteiger partial charge in [0.2, 0.25) is 0 Å². The number of hydrogen-bond acceptors (Lipinski definition) is 3. The number of halogens is 1. The van der Waals surface area contributed by atoms with Gasteiger partial charge in [0, 0.05) is 14.2 Å². The summed E-state index contributed by atoms with van der Waals surface area (Å²) in [6, 6.07) is 14.4. The number of benzene rings is 2. The number of ether oxygens (including phenoxy) is 2. The molecular weight excluding hydrogens is 314 g/mol. The molecule has 0 spiro atoms. The van der Waals surface area contributed by atoms with Gasteiger partial charge in [0.1, 0.15) is 6.04 Å². The van der Waals surface area contributed by atoms with Crippen LogP contribution in [0.3, 0.4) is 0 Å². The van der Waals surface area contributed by atoms with Crippen LogP contribution in [0.5, 0.6) is 0 Å². The number of amides is 1. The van der Waals surface area contributed by atoms with Crippen molar-refractivity contribution in [2.45, 2.75) is 19.3 Å². The lowest BCUT2D eigenvalue weighted by atomic mass is 10.1. The molecular formula is C18H20ClNO3. The second kappa shape index (κ2) is 8.11. The van der Waals surface area contributed by atoms with Crippen molar-refractivity contribution in [3.05, 3.63) is 70.2 Å². The number of rotatable bonds is 6. The molecule has 0 bridgehead atoms. The third-order valence-electron chi connectivity index (χ3n) is 3.55. The highest BCUT2D eigenvalue weighted by Gasteiger charge is 2.25. The summed E-state index contributed by atoms with van der Waals surface area (Å²) in [5.74, 6) is -0.275. The minimum absolute atomic E-state index is 0.275. The maximum Gasteiger partial charge on any atom is 0.253 e. The largest absolute Gasteiger partial charge is 0.353 e.